The summed E-state index contributed by atoms with van der Waals surface area (Å²) in [5.74, 6) is -0.802. The lowest BCUT2D eigenvalue weighted by Gasteiger charge is -2.20. The van der Waals surface area contributed by atoms with Crippen molar-refractivity contribution in [3.63, 3.8) is 0 Å². The molecule has 130 valence electrons. The lowest BCUT2D eigenvalue weighted by molar-refractivity contribution is -0.130. The molecule has 1 atom stereocenters. The Morgan fingerprint density at radius 1 is 1.32 bits per heavy atom. The predicted octanol–water partition coefficient (Wildman–Crippen LogP) is 1.13. The monoisotopic (exact) mass is 362 g/mol. The summed E-state index contributed by atoms with van der Waals surface area (Å²) in [6, 6.07) is 6.51. The summed E-state index contributed by atoms with van der Waals surface area (Å²) < 4.78 is 0.910. The predicted molar refractivity (Wildman–Crippen MR) is 91.8 cm³/mol. The molecule has 25 heavy (non-hydrogen) atoms. The van der Waals surface area contributed by atoms with Gasteiger partial charge in [0, 0.05) is 25.4 Å². The number of carbonyl (C=O) groups excluding carboxylic acids is 1. The Morgan fingerprint density at radius 3 is 2.56 bits per heavy atom. The highest BCUT2D eigenvalue weighted by Gasteiger charge is 2.34. The summed E-state index contributed by atoms with van der Waals surface area (Å²) >= 11 is 5.90. The fourth-order valence-corrected chi connectivity index (χ4v) is 2.89. The summed E-state index contributed by atoms with van der Waals surface area (Å²) in [7, 11) is 1.33. The number of hydrogen-bond acceptors (Lipinski definition) is 5. The van der Waals surface area contributed by atoms with Gasteiger partial charge in [-0.15, -0.1) is 0 Å². The maximum Gasteiger partial charge on any atom is 0.330 e. The highest BCUT2D eigenvalue weighted by atomic mass is 35.5. The maximum atomic E-state index is 12.1. The number of hydrogen-bond donors (Lipinski definition) is 2. The van der Waals surface area contributed by atoms with Gasteiger partial charge in [0.25, 0.3) is 5.56 Å². The van der Waals surface area contributed by atoms with Crippen LogP contribution in [0, 0.1) is 0 Å². The normalized spacial score (nSPS) is 16.8. The lowest BCUT2D eigenvalue weighted by atomic mass is 9.99. The number of rotatable bonds is 2. The molecule has 0 fully saturated rings. The van der Waals surface area contributed by atoms with Crippen LogP contribution in [0.2, 0.25) is 5.02 Å². The Balaban J connectivity index is 2.08. The molecule has 9 heteroatoms. The first-order valence-corrected chi connectivity index (χ1v) is 7.82. The van der Waals surface area contributed by atoms with Crippen LogP contribution in [-0.4, -0.2) is 31.3 Å². The van der Waals surface area contributed by atoms with Crippen LogP contribution in [0.25, 0.3) is 0 Å². The molecular weight excluding hydrogens is 348 g/mol. The van der Waals surface area contributed by atoms with Crippen LogP contribution in [-0.2, 0) is 11.8 Å². The van der Waals surface area contributed by atoms with Crippen LogP contribution in [0.1, 0.15) is 30.5 Å². The molecule has 0 saturated heterocycles. The third-order valence-electron chi connectivity index (χ3n) is 4.07. The third kappa shape index (κ3) is 2.96. The van der Waals surface area contributed by atoms with Crippen LogP contribution in [0.4, 0.5) is 0 Å². The van der Waals surface area contributed by atoms with E-state index in [1.165, 1.54) is 19.0 Å². The maximum absolute atomic E-state index is 12.1. The molecule has 2 aromatic rings. The minimum Gasteiger partial charge on any atom is -0.494 e. The zero-order chi connectivity index (χ0) is 18.3. The first-order valence-electron chi connectivity index (χ1n) is 7.45. The van der Waals surface area contributed by atoms with Gasteiger partial charge >= 0.3 is 5.69 Å². The summed E-state index contributed by atoms with van der Waals surface area (Å²) in [4.78, 5) is 37.8. The van der Waals surface area contributed by atoms with Crippen molar-refractivity contribution in [2.24, 2.45) is 12.1 Å². The van der Waals surface area contributed by atoms with Gasteiger partial charge in [0.1, 0.15) is 5.56 Å². The number of benzene rings is 1. The first-order chi connectivity index (χ1) is 11.8. The number of hydrazone groups is 1. The number of nitrogens with one attached hydrogen (secondary N) is 1. The van der Waals surface area contributed by atoms with Gasteiger partial charge in [-0.25, -0.2) is 9.80 Å². The molecule has 1 aromatic carbocycles. The Hall–Kier alpha value is -2.87. The number of amides is 1. The SMILES string of the molecule is CC(=O)N1N=C(c2c(O)n(C)c(=O)[nH]c2=O)CC1c1ccc(Cl)cc1. The quantitative estimate of drug-likeness (QED) is 0.834. The Morgan fingerprint density at radius 2 is 1.96 bits per heavy atom. The average Bonchev–Trinajstić information content (AvgIpc) is 2.98. The molecule has 0 bridgehead atoms. The fourth-order valence-electron chi connectivity index (χ4n) is 2.77. The molecule has 0 radical (unpaired) electrons. The van der Waals surface area contributed by atoms with E-state index in [0.717, 1.165) is 10.1 Å². The second-order valence-electron chi connectivity index (χ2n) is 5.70. The van der Waals surface area contributed by atoms with Crippen LogP contribution >= 0.6 is 11.6 Å². The van der Waals surface area contributed by atoms with E-state index in [2.05, 4.69) is 10.1 Å². The van der Waals surface area contributed by atoms with Crippen LogP contribution in [0.5, 0.6) is 5.88 Å². The number of aromatic nitrogens is 2. The number of halogens is 1. The standard InChI is InChI=1S/C16H15ClN4O4/c1-8(22)21-12(9-3-5-10(17)6-4-9)7-11(19-21)13-14(23)18-16(25)20(2)15(13)24/h3-6,12,24H,7H2,1-2H3,(H,18,23,25). The molecule has 1 aliphatic heterocycles. The molecule has 3 rings (SSSR count). The Kier molecular flexibility index (Phi) is 4.22. The zero-order valence-corrected chi connectivity index (χ0v) is 14.2. The summed E-state index contributed by atoms with van der Waals surface area (Å²) in [6.45, 7) is 1.36. The van der Waals surface area contributed by atoms with Crippen molar-refractivity contribution in [2.75, 3.05) is 0 Å². The second kappa shape index (κ2) is 6.21. The van der Waals surface area contributed by atoms with Gasteiger partial charge in [-0.2, -0.15) is 5.10 Å². The third-order valence-corrected chi connectivity index (χ3v) is 4.32. The van der Waals surface area contributed by atoms with Gasteiger partial charge in [0.05, 0.1) is 11.8 Å². The van der Waals surface area contributed by atoms with Gasteiger partial charge in [-0.1, -0.05) is 23.7 Å². The molecule has 1 amide bonds. The van der Waals surface area contributed by atoms with E-state index in [4.69, 9.17) is 11.6 Å². The summed E-state index contributed by atoms with van der Waals surface area (Å²) in [5, 5.41) is 16.2. The van der Waals surface area contributed by atoms with Crippen molar-refractivity contribution in [3.05, 3.63) is 61.3 Å². The molecular formula is C16H15ClN4O4. The topological polar surface area (TPSA) is 108 Å². The van der Waals surface area contributed by atoms with Crippen molar-refractivity contribution in [1.29, 1.82) is 0 Å². The average molecular weight is 363 g/mol. The van der Waals surface area contributed by atoms with Crippen molar-refractivity contribution in [1.82, 2.24) is 14.6 Å². The molecule has 1 aliphatic rings. The van der Waals surface area contributed by atoms with E-state index in [9.17, 15) is 19.5 Å². The van der Waals surface area contributed by atoms with Crippen molar-refractivity contribution in [3.8, 4) is 5.88 Å². The van der Waals surface area contributed by atoms with Gasteiger partial charge in [-0.3, -0.25) is 19.1 Å². The molecule has 2 heterocycles. The number of carbonyl (C=O) groups is 1. The van der Waals surface area contributed by atoms with Gasteiger partial charge in [-0.05, 0) is 17.7 Å². The van der Waals surface area contributed by atoms with Crippen LogP contribution in [0.15, 0.2) is 39.0 Å². The molecule has 8 nitrogen and oxygen atoms in total. The van der Waals surface area contributed by atoms with Crippen LogP contribution in [0.3, 0.4) is 0 Å². The van der Waals surface area contributed by atoms with E-state index < -0.39 is 23.2 Å². The van der Waals surface area contributed by atoms with Gasteiger partial charge < -0.3 is 5.11 Å². The highest BCUT2D eigenvalue weighted by molar-refractivity contribution is 6.30. The second-order valence-corrected chi connectivity index (χ2v) is 6.14. The molecule has 0 saturated carbocycles. The molecule has 1 aromatic heterocycles. The number of H-pyrrole nitrogens is 1. The minimum atomic E-state index is -0.750. The van der Waals surface area contributed by atoms with Crippen molar-refractivity contribution in [2.45, 2.75) is 19.4 Å². The van der Waals surface area contributed by atoms with E-state index in [1.807, 2.05) is 0 Å². The highest BCUT2D eigenvalue weighted by Crippen LogP contribution is 2.33. The van der Waals surface area contributed by atoms with Gasteiger partial charge in [0.15, 0.2) is 0 Å². The van der Waals surface area contributed by atoms with E-state index in [0.29, 0.717) is 5.02 Å². The molecule has 0 spiro atoms. The van der Waals surface area contributed by atoms with E-state index in [1.54, 1.807) is 24.3 Å². The van der Waals surface area contributed by atoms with Crippen molar-refractivity contribution < 1.29 is 9.90 Å². The van der Waals surface area contributed by atoms with Gasteiger partial charge in [0.2, 0.25) is 11.8 Å². The smallest absolute Gasteiger partial charge is 0.330 e. The lowest BCUT2D eigenvalue weighted by Crippen LogP contribution is -2.32. The van der Waals surface area contributed by atoms with Crippen LogP contribution < -0.4 is 11.2 Å². The summed E-state index contributed by atoms with van der Waals surface area (Å²) in [5.41, 5.74) is -0.587. The number of aromatic hydroxyl groups is 1. The van der Waals surface area contributed by atoms with Crippen molar-refractivity contribution >= 4 is 23.2 Å². The minimum absolute atomic E-state index is 0.121. The summed E-state index contributed by atoms with van der Waals surface area (Å²) in [6.07, 6.45) is 0.218. The fraction of sp³-hybridized carbons (Fsp3) is 0.250. The first kappa shape index (κ1) is 17.0. The number of nitrogens with zero attached hydrogens (tertiary/aromatic N) is 3. The molecule has 2 N–H and O–H groups in total. The largest absolute Gasteiger partial charge is 0.494 e. The number of aromatic amines is 1. The Bertz CT molecular complexity index is 991. The molecule has 0 aliphatic carbocycles. The molecule has 1 unspecified atom stereocenters. The zero-order valence-electron chi connectivity index (χ0n) is 13.5. The Labute approximate surface area is 147 Å². The van der Waals surface area contributed by atoms with E-state index in [-0.39, 0.29) is 23.6 Å². The van der Waals surface area contributed by atoms with E-state index >= 15 is 0 Å².